The van der Waals surface area contributed by atoms with Crippen molar-refractivity contribution in [2.45, 2.75) is 0 Å². The third-order valence-electron chi connectivity index (χ3n) is 0.982. The van der Waals surface area contributed by atoms with Crippen LogP contribution in [0.25, 0.3) is 0 Å². The Labute approximate surface area is 67.0 Å². The van der Waals surface area contributed by atoms with Crippen LogP contribution in [0, 0.1) is 5.82 Å². The molecule has 1 nitrogen and oxygen atoms in total. The van der Waals surface area contributed by atoms with Gasteiger partial charge in [0.15, 0.2) is 11.6 Å². The minimum absolute atomic E-state index is 0.0787. The van der Waals surface area contributed by atoms with Crippen LogP contribution >= 0.6 is 23.2 Å². The number of benzene rings is 1. The van der Waals surface area contributed by atoms with E-state index in [4.69, 9.17) is 28.3 Å². The first-order valence-electron chi connectivity index (χ1n) is 2.45. The van der Waals surface area contributed by atoms with Crippen LogP contribution in [0.2, 0.25) is 10.0 Å². The van der Waals surface area contributed by atoms with Crippen LogP contribution in [0.5, 0.6) is 5.75 Å². The maximum absolute atomic E-state index is 12.4. The van der Waals surface area contributed by atoms with Gasteiger partial charge in [-0.25, -0.2) is 4.39 Å². The Hall–Kier alpha value is -0.470. The first-order chi connectivity index (χ1) is 4.61. The minimum atomic E-state index is -0.808. The molecule has 0 atom stereocenters. The molecular formula is C6H3Cl2FO. The number of rotatable bonds is 0. The Kier molecular flexibility index (Phi) is 2.02. The lowest BCUT2D eigenvalue weighted by Crippen LogP contribution is -1.76. The number of halogens is 3. The van der Waals surface area contributed by atoms with Crippen molar-refractivity contribution in [1.82, 2.24) is 0 Å². The summed E-state index contributed by atoms with van der Waals surface area (Å²) >= 11 is 10.7. The summed E-state index contributed by atoms with van der Waals surface area (Å²) in [6, 6.07) is 2.25. The van der Waals surface area contributed by atoms with Crippen molar-refractivity contribution in [2.24, 2.45) is 0 Å². The van der Waals surface area contributed by atoms with Gasteiger partial charge in [-0.05, 0) is 12.1 Å². The average molecular weight is 181 g/mol. The van der Waals surface area contributed by atoms with E-state index in [1.165, 1.54) is 6.07 Å². The van der Waals surface area contributed by atoms with Crippen LogP contribution in [0.3, 0.4) is 0 Å². The van der Waals surface area contributed by atoms with E-state index >= 15 is 0 Å². The largest absolute Gasteiger partial charge is 0.504 e. The van der Waals surface area contributed by atoms with Gasteiger partial charge < -0.3 is 5.11 Å². The van der Waals surface area contributed by atoms with Crippen LogP contribution in [-0.4, -0.2) is 5.11 Å². The second-order valence-corrected chi connectivity index (χ2v) is 2.56. The van der Waals surface area contributed by atoms with Gasteiger partial charge in [0, 0.05) is 5.02 Å². The maximum atomic E-state index is 12.4. The van der Waals surface area contributed by atoms with Crippen molar-refractivity contribution in [3.63, 3.8) is 0 Å². The van der Waals surface area contributed by atoms with E-state index in [0.717, 1.165) is 6.07 Å². The topological polar surface area (TPSA) is 20.2 Å². The first kappa shape index (κ1) is 7.63. The Morgan fingerprint density at radius 2 is 1.90 bits per heavy atom. The number of phenols is 1. The van der Waals surface area contributed by atoms with Crippen molar-refractivity contribution in [3.8, 4) is 5.75 Å². The van der Waals surface area contributed by atoms with Gasteiger partial charge in [0.05, 0.1) is 5.02 Å². The molecule has 0 bridgehead atoms. The Morgan fingerprint density at radius 1 is 1.30 bits per heavy atom. The summed E-state index contributed by atoms with van der Waals surface area (Å²) in [6.07, 6.45) is 0. The third-order valence-corrected chi connectivity index (χ3v) is 1.49. The van der Waals surface area contributed by atoms with Crippen LogP contribution in [-0.2, 0) is 0 Å². The van der Waals surface area contributed by atoms with Crippen LogP contribution in [0.1, 0.15) is 0 Å². The minimum Gasteiger partial charge on any atom is -0.504 e. The molecule has 4 heteroatoms. The predicted octanol–water partition coefficient (Wildman–Crippen LogP) is 2.84. The molecule has 0 amide bonds. The van der Waals surface area contributed by atoms with E-state index in [2.05, 4.69) is 0 Å². The molecule has 0 aliphatic rings. The zero-order valence-electron chi connectivity index (χ0n) is 4.74. The van der Waals surface area contributed by atoms with E-state index in [9.17, 15) is 4.39 Å². The molecule has 0 spiro atoms. The highest BCUT2D eigenvalue weighted by atomic mass is 35.5. The highest BCUT2D eigenvalue weighted by Gasteiger charge is 2.05. The van der Waals surface area contributed by atoms with E-state index in [1.54, 1.807) is 0 Å². The number of hydrogen-bond donors (Lipinski definition) is 1. The molecular weight excluding hydrogens is 178 g/mol. The summed E-state index contributed by atoms with van der Waals surface area (Å²) < 4.78 is 12.4. The molecule has 0 fully saturated rings. The fourth-order valence-corrected chi connectivity index (χ4v) is 1.00. The fourth-order valence-electron chi connectivity index (χ4n) is 0.535. The molecule has 0 unspecified atom stereocenters. The Bertz CT molecular complexity index is 239. The highest BCUT2D eigenvalue weighted by molar-refractivity contribution is 6.35. The van der Waals surface area contributed by atoms with Crippen molar-refractivity contribution in [3.05, 3.63) is 28.0 Å². The van der Waals surface area contributed by atoms with E-state index < -0.39 is 11.6 Å². The molecule has 0 heterocycles. The third kappa shape index (κ3) is 1.33. The first-order valence-corrected chi connectivity index (χ1v) is 3.20. The highest BCUT2D eigenvalue weighted by Crippen LogP contribution is 2.29. The van der Waals surface area contributed by atoms with Crippen molar-refractivity contribution >= 4 is 23.2 Å². The van der Waals surface area contributed by atoms with Crippen molar-refractivity contribution < 1.29 is 9.50 Å². The monoisotopic (exact) mass is 180 g/mol. The van der Waals surface area contributed by atoms with Gasteiger partial charge >= 0.3 is 0 Å². The Balaban J connectivity index is 3.31. The summed E-state index contributed by atoms with van der Waals surface area (Å²) in [5.74, 6) is -1.37. The van der Waals surface area contributed by atoms with Crippen LogP contribution < -0.4 is 0 Å². The summed E-state index contributed by atoms with van der Waals surface area (Å²) in [6.45, 7) is 0. The van der Waals surface area contributed by atoms with Crippen molar-refractivity contribution in [1.29, 1.82) is 0 Å². The predicted molar refractivity (Wildman–Crippen MR) is 38.1 cm³/mol. The SMILES string of the molecule is Oc1c(F)cc(Cl)cc1Cl. The second-order valence-electron chi connectivity index (χ2n) is 1.72. The quantitative estimate of drug-likeness (QED) is 0.652. The molecule has 1 rings (SSSR count). The molecule has 10 heavy (non-hydrogen) atoms. The van der Waals surface area contributed by atoms with E-state index in [-0.39, 0.29) is 10.0 Å². The normalized spacial score (nSPS) is 9.90. The summed E-state index contributed by atoms with van der Waals surface area (Å²) in [5.41, 5.74) is 0. The van der Waals surface area contributed by atoms with Crippen LogP contribution in [0.4, 0.5) is 4.39 Å². The van der Waals surface area contributed by atoms with E-state index in [0.29, 0.717) is 0 Å². The zero-order valence-corrected chi connectivity index (χ0v) is 6.25. The summed E-state index contributed by atoms with van der Waals surface area (Å²) in [7, 11) is 0. The molecule has 1 aromatic carbocycles. The molecule has 0 aliphatic heterocycles. The molecule has 1 N–H and O–H groups in total. The molecule has 0 radical (unpaired) electrons. The van der Waals surface area contributed by atoms with E-state index in [1.807, 2.05) is 0 Å². The molecule has 54 valence electrons. The van der Waals surface area contributed by atoms with Gasteiger partial charge in [0.1, 0.15) is 0 Å². The van der Waals surface area contributed by atoms with Gasteiger partial charge in [0.25, 0.3) is 0 Å². The van der Waals surface area contributed by atoms with Gasteiger partial charge in [-0.2, -0.15) is 0 Å². The molecule has 0 saturated heterocycles. The van der Waals surface area contributed by atoms with Crippen molar-refractivity contribution in [2.75, 3.05) is 0 Å². The maximum Gasteiger partial charge on any atom is 0.170 e. The molecule has 0 aromatic heterocycles. The second kappa shape index (κ2) is 2.64. The zero-order chi connectivity index (χ0) is 7.72. The standard InChI is InChI=1S/C6H3Cl2FO/c7-3-1-4(8)6(10)5(9)2-3/h1-2,10H. The van der Waals surface area contributed by atoms with Gasteiger partial charge in [-0.1, -0.05) is 23.2 Å². The summed E-state index contributed by atoms with van der Waals surface area (Å²) in [4.78, 5) is 0. The van der Waals surface area contributed by atoms with Gasteiger partial charge in [-0.15, -0.1) is 0 Å². The molecule has 0 aliphatic carbocycles. The fraction of sp³-hybridized carbons (Fsp3) is 0. The lowest BCUT2D eigenvalue weighted by molar-refractivity contribution is 0.433. The molecule has 1 aromatic rings. The smallest absolute Gasteiger partial charge is 0.170 e. The summed E-state index contributed by atoms with van der Waals surface area (Å²) in [5, 5.41) is 8.85. The average Bonchev–Trinajstić information content (AvgIpc) is 1.82. The number of hydrogen-bond acceptors (Lipinski definition) is 1. The lowest BCUT2D eigenvalue weighted by atomic mass is 10.3. The number of aromatic hydroxyl groups is 1. The lowest BCUT2D eigenvalue weighted by Gasteiger charge is -1.97. The number of phenolic OH excluding ortho intramolecular Hbond substituents is 1. The van der Waals surface area contributed by atoms with Crippen LogP contribution in [0.15, 0.2) is 12.1 Å². The molecule has 0 saturated carbocycles. The Morgan fingerprint density at radius 3 is 2.40 bits per heavy atom. The van der Waals surface area contributed by atoms with Gasteiger partial charge in [-0.3, -0.25) is 0 Å². The van der Waals surface area contributed by atoms with Gasteiger partial charge in [0.2, 0.25) is 0 Å².